The third kappa shape index (κ3) is 3.03. The average molecular weight is 247 g/mol. The number of rotatable bonds is 3. The van der Waals surface area contributed by atoms with Crippen LogP contribution in [0.3, 0.4) is 0 Å². The number of hydrogen-bond donors (Lipinski definition) is 3. The van der Waals surface area contributed by atoms with Crippen LogP contribution in [0.15, 0.2) is 18.2 Å². The molecule has 1 aliphatic carbocycles. The van der Waals surface area contributed by atoms with Gasteiger partial charge in [-0.05, 0) is 54.7 Å². The molecule has 2 rings (SSSR count). The number of nitrogen functional groups attached to an aromatic ring is 1. The van der Waals surface area contributed by atoms with Gasteiger partial charge in [0, 0.05) is 18.3 Å². The standard InChI is InChI=1S/C15H25N3/c1-10-6-11(2-4-14(10)17)7-12-3-5-15(18)13(8-12)9-16/h3,5,8,10-11,14H,2,4,6-7,9,16-18H2,1H3. The van der Waals surface area contributed by atoms with Crippen molar-refractivity contribution in [2.75, 3.05) is 5.73 Å². The molecule has 1 aliphatic rings. The quantitative estimate of drug-likeness (QED) is 0.715. The second-order valence-corrected chi connectivity index (χ2v) is 5.76. The summed E-state index contributed by atoms with van der Waals surface area (Å²) >= 11 is 0. The Hall–Kier alpha value is -1.06. The molecule has 0 bridgehead atoms. The fraction of sp³-hybridized carbons (Fsp3) is 0.600. The van der Waals surface area contributed by atoms with Crippen LogP contribution in [0.25, 0.3) is 0 Å². The number of anilines is 1. The van der Waals surface area contributed by atoms with Gasteiger partial charge in [0.1, 0.15) is 0 Å². The lowest BCUT2D eigenvalue weighted by molar-refractivity contribution is 0.247. The summed E-state index contributed by atoms with van der Waals surface area (Å²) in [6.45, 7) is 2.79. The molecule has 1 saturated carbocycles. The molecule has 100 valence electrons. The zero-order chi connectivity index (χ0) is 13.1. The minimum absolute atomic E-state index is 0.396. The molecule has 0 amide bonds. The van der Waals surface area contributed by atoms with Gasteiger partial charge in [0.05, 0.1) is 0 Å². The van der Waals surface area contributed by atoms with E-state index in [9.17, 15) is 0 Å². The van der Waals surface area contributed by atoms with E-state index >= 15 is 0 Å². The third-order valence-corrected chi connectivity index (χ3v) is 4.30. The maximum atomic E-state index is 6.07. The molecule has 0 aliphatic heterocycles. The summed E-state index contributed by atoms with van der Waals surface area (Å²) in [5, 5.41) is 0. The highest BCUT2D eigenvalue weighted by Crippen LogP contribution is 2.31. The van der Waals surface area contributed by atoms with E-state index in [2.05, 4.69) is 19.1 Å². The maximum absolute atomic E-state index is 6.07. The van der Waals surface area contributed by atoms with Crippen molar-refractivity contribution in [2.24, 2.45) is 23.3 Å². The van der Waals surface area contributed by atoms with E-state index in [0.717, 1.165) is 30.0 Å². The SMILES string of the molecule is CC1CC(Cc2ccc(N)c(CN)c2)CCC1N. The van der Waals surface area contributed by atoms with Gasteiger partial charge in [-0.25, -0.2) is 0 Å². The average Bonchev–Trinajstić information content (AvgIpc) is 2.36. The summed E-state index contributed by atoms with van der Waals surface area (Å²) in [7, 11) is 0. The van der Waals surface area contributed by atoms with Crippen LogP contribution in [-0.4, -0.2) is 6.04 Å². The largest absolute Gasteiger partial charge is 0.398 e. The van der Waals surface area contributed by atoms with Crippen LogP contribution in [0.4, 0.5) is 5.69 Å². The lowest BCUT2D eigenvalue weighted by Gasteiger charge is -2.32. The van der Waals surface area contributed by atoms with Gasteiger partial charge >= 0.3 is 0 Å². The number of hydrogen-bond acceptors (Lipinski definition) is 3. The van der Waals surface area contributed by atoms with Crippen molar-refractivity contribution >= 4 is 5.69 Å². The molecule has 0 heterocycles. The first-order valence-electron chi connectivity index (χ1n) is 6.93. The Kier molecular flexibility index (Phi) is 4.25. The van der Waals surface area contributed by atoms with Gasteiger partial charge in [-0.2, -0.15) is 0 Å². The Morgan fingerprint density at radius 3 is 2.72 bits per heavy atom. The van der Waals surface area contributed by atoms with Crippen LogP contribution in [0.1, 0.15) is 37.3 Å². The van der Waals surface area contributed by atoms with Crippen LogP contribution in [0.5, 0.6) is 0 Å². The molecule has 3 nitrogen and oxygen atoms in total. The highest BCUT2D eigenvalue weighted by Gasteiger charge is 2.24. The summed E-state index contributed by atoms with van der Waals surface area (Å²) in [6.07, 6.45) is 4.77. The van der Waals surface area contributed by atoms with Gasteiger partial charge in [0.15, 0.2) is 0 Å². The van der Waals surface area contributed by atoms with E-state index in [1.807, 2.05) is 6.07 Å². The Balaban J connectivity index is 2.01. The molecule has 3 heteroatoms. The molecule has 0 radical (unpaired) electrons. The Morgan fingerprint density at radius 1 is 1.28 bits per heavy atom. The minimum atomic E-state index is 0.396. The summed E-state index contributed by atoms with van der Waals surface area (Å²) in [5.74, 6) is 1.40. The summed E-state index contributed by atoms with van der Waals surface area (Å²) in [6, 6.07) is 6.67. The van der Waals surface area contributed by atoms with E-state index in [-0.39, 0.29) is 0 Å². The molecule has 6 N–H and O–H groups in total. The molecule has 3 atom stereocenters. The van der Waals surface area contributed by atoms with Crippen LogP contribution < -0.4 is 17.2 Å². The van der Waals surface area contributed by atoms with E-state index < -0.39 is 0 Å². The Bertz CT molecular complexity index is 403. The van der Waals surface area contributed by atoms with Crippen molar-refractivity contribution in [3.8, 4) is 0 Å². The van der Waals surface area contributed by atoms with Crippen LogP contribution in [-0.2, 0) is 13.0 Å². The van der Waals surface area contributed by atoms with E-state index in [1.54, 1.807) is 0 Å². The fourth-order valence-electron chi connectivity index (χ4n) is 3.01. The maximum Gasteiger partial charge on any atom is 0.0359 e. The number of nitrogens with two attached hydrogens (primary N) is 3. The molecule has 0 saturated heterocycles. The topological polar surface area (TPSA) is 78.1 Å². The predicted octanol–water partition coefficient (Wildman–Crippen LogP) is 2.03. The van der Waals surface area contributed by atoms with Gasteiger partial charge in [-0.3, -0.25) is 0 Å². The molecule has 0 spiro atoms. The van der Waals surface area contributed by atoms with E-state index in [0.29, 0.717) is 18.5 Å². The normalized spacial score (nSPS) is 28.3. The lowest BCUT2D eigenvalue weighted by Crippen LogP contribution is -2.34. The molecule has 18 heavy (non-hydrogen) atoms. The highest BCUT2D eigenvalue weighted by molar-refractivity contribution is 5.48. The molecule has 3 unspecified atom stereocenters. The highest BCUT2D eigenvalue weighted by atomic mass is 14.7. The fourth-order valence-corrected chi connectivity index (χ4v) is 3.01. The monoisotopic (exact) mass is 247 g/mol. The van der Waals surface area contributed by atoms with Gasteiger partial charge < -0.3 is 17.2 Å². The first-order valence-corrected chi connectivity index (χ1v) is 6.93. The van der Waals surface area contributed by atoms with Crippen molar-refractivity contribution in [1.82, 2.24) is 0 Å². The van der Waals surface area contributed by atoms with Crippen molar-refractivity contribution in [3.05, 3.63) is 29.3 Å². The third-order valence-electron chi connectivity index (χ3n) is 4.30. The second-order valence-electron chi connectivity index (χ2n) is 5.76. The Labute approximate surface area is 110 Å². The van der Waals surface area contributed by atoms with Crippen molar-refractivity contribution in [3.63, 3.8) is 0 Å². The zero-order valence-electron chi connectivity index (χ0n) is 11.2. The van der Waals surface area contributed by atoms with Crippen LogP contribution in [0.2, 0.25) is 0 Å². The molecule has 1 aromatic carbocycles. The second kappa shape index (κ2) is 5.72. The van der Waals surface area contributed by atoms with E-state index in [4.69, 9.17) is 17.2 Å². The number of benzene rings is 1. The predicted molar refractivity (Wildman–Crippen MR) is 76.9 cm³/mol. The molecular weight excluding hydrogens is 222 g/mol. The summed E-state index contributed by atoms with van der Waals surface area (Å²) < 4.78 is 0. The van der Waals surface area contributed by atoms with E-state index in [1.165, 1.54) is 18.4 Å². The van der Waals surface area contributed by atoms with Crippen molar-refractivity contribution in [1.29, 1.82) is 0 Å². The first-order chi connectivity index (χ1) is 8.60. The van der Waals surface area contributed by atoms with Gasteiger partial charge in [-0.1, -0.05) is 19.1 Å². The Morgan fingerprint density at radius 2 is 2.06 bits per heavy atom. The molecule has 1 fully saturated rings. The summed E-state index contributed by atoms with van der Waals surface area (Å²) in [5.41, 5.74) is 20.9. The van der Waals surface area contributed by atoms with Gasteiger partial charge in [-0.15, -0.1) is 0 Å². The lowest BCUT2D eigenvalue weighted by atomic mass is 9.77. The van der Waals surface area contributed by atoms with Crippen LogP contribution >= 0.6 is 0 Å². The molecular formula is C15H25N3. The minimum Gasteiger partial charge on any atom is -0.398 e. The van der Waals surface area contributed by atoms with Crippen LogP contribution in [0, 0.1) is 11.8 Å². The zero-order valence-corrected chi connectivity index (χ0v) is 11.2. The van der Waals surface area contributed by atoms with Crippen molar-refractivity contribution < 1.29 is 0 Å². The van der Waals surface area contributed by atoms with Gasteiger partial charge in [0.2, 0.25) is 0 Å². The van der Waals surface area contributed by atoms with Crippen molar-refractivity contribution in [2.45, 2.75) is 45.2 Å². The first kappa shape index (κ1) is 13.4. The molecule has 0 aromatic heterocycles. The molecule has 1 aromatic rings. The smallest absolute Gasteiger partial charge is 0.0359 e. The summed E-state index contributed by atoms with van der Waals surface area (Å²) in [4.78, 5) is 0. The van der Waals surface area contributed by atoms with Gasteiger partial charge in [0.25, 0.3) is 0 Å².